The van der Waals surface area contributed by atoms with Gasteiger partial charge >= 0.3 is 0 Å². The van der Waals surface area contributed by atoms with E-state index in [1.165, 1.54) is 6.92 Å². The van der Waals surface area contributed by atoms with Crippen molar-refractivity contribution in [2.24, 2.45) is 11.8 Å². The number of rotatable bonds is 1. The minimum absolute atomic E-state index is 0.0579. The van der Waals surface area contributed by atoms with Crippen LogP contribution in [0.5, 0.6) is 0 Å². The summed E-state index contributed by atoms with van der Waals surface area (Å²) in [5, 5.41) is 9.22. The Morgan fingerprint density at radius 1 is 1.70 bits per heavy atom. The molecule has 0 bridgehead atoms. The van der Waals surface area contributed by atoms with E-state index in [-0.39, 0.29) is 5.78 Å². The van der Waals surface area contributed by atoms with Gasteiger partial charge in [0.25, 0.3) is 0 Å². The molecule has 1 N–H and O–H groups in total. The number of ketones is 1. The minimum Gasteiger partial charge on any atom is -0.512 e. The number of carbonyl (C=O) groups is 1. The third kappa shape index (κ3) is 0.618. The van der Waals surface area contributed by atoms with Gasteiger partial charge in [0.15, 0.2) is 5.78 Å². The standard InChI is InChI=1S/C8H10O2/c1-4(9)8-6-2-5(6)3-7(8)10/h5-6,10H,2-3H2,1H3/t5-,6-/m0/s1. The predicted molar refractivity (Wildman–Crippen MR) is 36.5 cm³/mol. The lowest BCUT2D eigenvalue weighted by Crippen LogP contribution is -1.99. The van der Waals surface area contributed by atoms with E-state index < -0.39 is 0 Å². The Labute approximate surface area is 59.5 Å². The minimum atomic E-state index is 0.0579. The molecule has 0 amide bonds. The molecule has 54 valence electrons. The highest BCUT2D eigenvalue weighted by atomic mass is 16.3. The predicted octanol–water partition coefficient (Wildman–Crippen LogP) is 1.43. The first-order chi connectivity index (χ1) is 4.70. The van der Waals surface area contributed by atoms with E-state index in [0.717, 1.165) is 12.8 Å². The molecule has 0 aromatic carbocycles. The number of hydrogen-bond acceptors (Lipinski definition) is 2. The summed E-state index contributed by atoms with van der Waals surface area (Å²) >= 11 is 0. The van der Waals surface area contributed by atoms with E-state index in [1.54, 1.807) is 0 Å². The summed E-state index contributed by atoms with van der Waals surface area (Å²) in [6.07, 6.45) is 1.87. The van der Waals surface area contributed by atoms with Gasteiger partial charge in [0.05, 0.1) is 5.76 Å². The fraction of sp³-hybridized carbons (Fsp3) is 0.625. The molecule has 0 aromatic rings. The van der Waals surface area contributed by atoms with Crippen LogP contribution in [-0.2, 0) is 4.79 Å². The second kappa shape index (κ2) is 1.62. The lowest BCUT2D eigenvalue weighted by atomic mass is 10.1. The number of Topliss-reactive ketones (excluding diaryl/α,β-unsaturated/α-hetero) is 1. The molecule has 2 aliphatic rings. The quantitative estimate of drug-likeness (QED) is 0.595. The highest BCUT2D eigenvalue weighted by Crippen LogP contribution is 2.54. The van der Waals surface area contributed by atoms with Crippen molar-refractivity contribution in [2.75, 3.05) is 0 Å². The molecule has 0 saturated heterocycles. The maximum absolute atomic E-state index is 10.9. The van der Waals surface area contributed by atoms with Crippen molar-refractivity contribution < 1.29 is 9.90 Å². The fourth-order valence-corrected chi connectivity index (χ4v) is 1.86. The smallest absolute Gasteiger partial charge is 0.159 e. The first kappa shape index (κ1) is 5.96. The molecule has 1 fully saturated rings. The van der Waals surface area contributed by atoms with Crippen LogP contribution in [-0.4, -0.2) is 10.9 Å². The monoisotopic (exact) mass is 138 g/mol. The van der Waals surface area contributed by atoms with E-state index in [2.05, 4.69) is 0 Å². The van der Waals surface area contributed by atoms with E-state index in [9.17, 15) is 9.90 Å². The van der Waals surface area contributed by atoms with Crippen LogP contribution >= 0.6 is 0 Å². The number of aliphatic hydroxyl groups is 1. The van der Waals surface area contributed by atoms with E-state index >= 15 is 0 Å². The van der Waals surface area contributed by atoms with Crippen LogP contribution in [0, 0.1) is 11.8 Å². The van der Waals surface area contributed by atoms with Gasteiger partial charge in [-0.3, -0.25) is 4.79 Å². The van der Waals surface area contributed by atoms with Crippen molar-refractivity contribution in [3.8, 4) is 0 Å². The molecular weight excluding hydrogens is 128 g/mol. The van der Waals surface area contributed by atoms with Gasteiger partial charge in [0.2, 0.25) is 0 Å². The molecule has 0 heterocycles. The Kier molecular flexibility index (Phi) is 0.967. The third-order valence-corrected chi connectivity index (χ3v) is 2.44. The zero-order valence-electron chi connectivity index (χ0n) is 5.92. The van der Waals surface area contributed by atoms with Crippen LogP contribution in [0.15, 0.2) is 11.3 Å². The molecule has 0 aromatic heterocycles. The molecule has 2 atom stereocenters. The summed E-state index contributed by atoms with van der Waals surface area (Å²) in [4.78, 5) is 10.9. The average Bonchev–Trinajstić information content (AvgIpc) is 2.42. The van der Waals surface area contributed by atoms with Crippen molar-refractivity contribution in [1.82, 2.24) is 0 Å². The van der Waals surface area contributed by atoms with Crippen LogP contribution < -0.4 is 0 Å². The molecule has 10 heavy (non-hydrogen) atoms. The second-order valence-electron chi connectivity index (χ2n) is 3.22. The second-order valence-corrected chi connectivity index (χ2v) is 3.22. The Bertz CT molecular complexity index is 227. The summed E-state index contributed by atoms with van der Waals surface area (Å²) in [5.74, 6) is 1.45. The number of allylic oxidation sites excluding steroid dienone is 2. The summed E-state index contributed by atoms with van der Waals surface area (Å²) in [6.45, 7) is 1.53. The van der Waals surface area contributed by atoms with E-state index in [4.69, 9.17) is 0 Å². The molecule has 2 rings (SSSR count). The van der Waals surface area contributed by atoms with Gasteiger partial charge in [-0.2, -0.15) is 0 Å². The largest absolute Gasteiger partial charge is 0.512 e. The van der Waals surface area contributed by atoms with Gasteiger partial charge in [0.1, 0.15) is 0 Å². The van der Waals surface area contributed by atoms with Crippen molar-refractivity contribution in [3.05, 3.63) is 11.3 Å². The zero-order chi connectivity index (χ0) is 7.30. The Morgan fingerprint density at radius 3 is 2.70 bits per heavy atom. The fourth-order valence-electron chi connectivity index (χ4n) is 1.86. The summed E-state index contributed by atoms with van der Waals surface area (Å²) in [5.41, 5.74) is 0.713. The van der Waals surface area contributed by atoms with Gasteiger partial charge < -0.3 is 5.11 Å². The van der Waals surface area contributed by atoms with Crippen LogP contribution in [0.1, 0.15) is 19.8 Å². The van der Waals surface area contributed by atoms with Crippen LogP contribution in [0.3, 0.4) is 0 Å². The third-order valence-electron chi connectivity index (χ3n) is 2.44. The Morgan fingerprint density at radius 2 is 2.40 bits per heavy atom. The molecule has 2 nitrogen and oxygen atoms in total. The molecule has 0 spiro atoms. The number of hydrogen-bond donors (Lipinski definition) is 1. The topological polar surface area (TPSA) is 37.3 Å². The van der Waals surface area contributed by atoms with Crippen LogP contribution in [0.2, 0.25) is 0 Å². The first-order valence-electron chi connectivity index (χ1n) is 3.63. The molecule has 1 saturated carbocycles. The van der Waals surface area contributed by atoms with Gasteiger partial charge in [-0.15, -0.1) is 0 Å². The van der Waals surface area contributed by atoms with Crippen molar-refractivity contribution in [2.45, 2.75) is 19.8 Å². The molecule has 0 aliphatic heterocycles. The van der Waals surface area contributed by atoms with Gasteiger partial charge in [-0.1, -0.05) is 0 Å². The Balaban J connectivity index is 2.31. The van der Waals surface area contributed by atoms with Gasteiger partial charge in [-0.25, -0.2) is 0 Å². The number of fused-ring (bicyclic) bond motifs is 1. The normalized spacial score (nSPS) is 36.1. The van der Waals surface area contributed by atoms with Gasteiger partial charge in [-0.05, 0) is 25.2 Å². The first-order valence-corrected chi connectivity index (χ1v) is 3.63. The summed E-state index contributed by atoms with van der Waals surface area (Å²) in [7, 11) is 0. The molecule has 2 heteroatoms. The van der Waals surface area contributed by atoms with Crippen molar-refractivity contribution in [1.29, 1.82) is 0 Å². The lowest BCUT2D eigenvalue weighted by molar-refractivity contribution is -0.114. The summed E-state index contributed by atoms with van der Waals surface area (Å²) < 4.78 is 0. The molecule has 0 unspecified atom stereocenters. The highest BCUT2D eigenvalue weighted by molar-refractivity contribution is 5.95. The van der Waals surface area contributed by atoms with E-state index in [0.29, 0.717) is 23.2 Å². The van der Waals surface area contributed by atoms with Crippen LogP contribution in [0.4, 0.5) is 0 Å². The van der Waals surface area contributed by atoms with Crippen LogP contribution in [0.25, 0.3) is 0 Å². The van der Waals surface area contributed by atoms with Gasteiger partial charge in [0, 0.05) is 12.0 Å². The maximum Gasteiger partial charge on any atom is 0.159 e. The molecule has 2 aliphatic carbocycles. The molecular formula is C8H10O2. The number of carbonyl (C=O) groups excluding carboxylic acids is 1. The zero-order valence-corrected chi connectivity index (χ0v) is 5.92. The van der Waals surface area contributed by atoms with E-state index in [1.807, 2.05) is 0 Å². The summed E-state index contributed by atoms with van der Waals surface area (Å²) in [6, 6.07) is 0. The average molecular weight is 138 g/mol. The molecule has 0 radical (unpaired) electrons. The number of aliphatic hydroxyl groups excluding tert-OH is 1. The highest BCUT2D eigenvalue weighted by Gasteiger charge is 2.48. The van der Waals surface area contributed by atoms with Crippen molar-refractivity contribution >= 4 is 5.78 Å². The van der Waals surface area contributed by atoms with Crippen molar-refractivity contribution in [3.63, 3.8) is 0 Å². The SMILES string of the molecule is CC(=O)C1=C(O)C[C@@H]2C[C@H]12. The maximum atomic E-state index is 10.9. The lowest BCUT2D eigenvalue weighted by Gasteiger charge is -1.97. The Hall–Kier alpha value is -0.790.